The number of hydrogen-bond acceptors (Lipinski definition) is 16. The van der Waals surface area contributed by atoms with Gasteiger partial charge in [0.1, 0.15) is 16.7 Å². The van der Waals surface area contributed by atoms with Crippen molar-refractivity contribution >= 4 is 55.0 Å². The maximum Gasteiger partial charge on any atom is 0.333 e. The Kier molecular flexibility index (Phi) is 21.9. The molecule has 0 radical (unpaired) electrons. The van der Waals surface area contributed by atoms with Crippen molar-refractivity contribution in [1.29, 1.82) is 0 Å². The van der Waals surface area contributed by atoms with Crippen LogP contribution in [0.25, 0.3) is 0 Å². The summed E-state index contributed by atoms with van der Waals surface area (Å²) in [6.07, 6.45) is 10.2. The predicted octanol–water partition coefficient (Wildman–Crippen LogP) is 5.18. The van der Waals surface area contributed by atoms with Gasteiger partial charge in [0.05, 0.1) is 61.5 Å². The first-order valence-electron chi connectivity index (χ1n) is 24.3. The number of hydroxylamine groups is 2. The van der Waals surface area contributed by atoms with E-state index in [1.807, 2.05) is 31.2 Å². The van der Waals surface area contributed by atoms with Crippen molar-refractivity contribution in [1.82, 2.24) is 9.79 Å². The largest absolute Gasteiger partial charge is 0.744 e. The van der Waals surface area contributed by atoms with Crippen LogP contribution in [0.15, 0.2) is 70.1 Å². The number of fused-ring (bicyclic) bond motifs is 2. The van der Waals surface area contributed by atoms with E-state index < -0.39 is 48.8 Å². The molecule has 2 atom stereocenters. The summed E-state index contributed by atoms with van der Waals surface area (Å²) in [6.45, 7) is 10.4. The topological polar surface area (TPSA) is 229 Å². The highest BCUT2D eigenvalue weighted by molar-refractivity contribution is 7.89. The first kappa shape index (κ1) is 57.5. The van der Waals surface area contributed by atoms with Crippen LogP contribution in [0.1, 0.15) is 96.1 Å². The van der Waals surface area contributed by atoms with Gasteiger partial charge in [0, 0.05) is 94.8 Å². The van der Waals surface area contributed by atoms with Gasteiger partial charge in [-0.05, 0) is 81.5 Å². The quantitative estimate of drug-likeness (QED) is 0.0420. The van der Waals surface area contributed by atoms with Gasteiger partial charge in [0.15, 0.2) is 12.3 Å². The van der Waals surface area contributed by atoms with Crippen LogP contribution in [-0.2, 0) is 78.6 Å². The zero-order valence-electron chi connectivity index (χ0n) is 42.0. The lowest BCUT2D eigenvalue weighted by molar-refractivity contribution is -0.442. The minimum Gasteiger partial charge on any atom is -0.744 e. The van der Waals surface area contributed by atoms with Crippen molar-refractivity contribution in [2.24, 2.45) is 0 Å². The maximum absolute atomic E-state index is 13.8. The number of carbonyl (C=O) groups excluding carboxylic acids is 3. The van der Waals surface area contributed by atoms with Gasteiger partial charge in [-0.15, -0.1) is 5.06 Å². The minimum atomic E-state index is -4.80. The number of nitrogens with one attached hydrogen (secondary N) is 1. The van der Waals surface area contributed by atoms with Crippen LogP contribution in [0.5, 0.6) is 0 Å². The second-order valence-corrected chi connectivity index (χ2v) is 21.1. The lowest BCUT2D eigenvalue weighted by Crippen LogP contribution is -2.34. The standard InChI is InChI=1S/C50H72N4O15S2/c1-7-8-25-52-42-19-17-39(71(60,61)62)37-41(42)49(2,22-11-9-10-15-48(57)69-54-46(55)20-21-47(54)56)44(52)13-12-14-45-50(3,23-27-66-33-30-63-4)40-36-38(70(58,59)51-24-28-67-34-31-64-5)16-18-43(40)53(45)26-29-68-35-32-65-6/h12-14,16-19,36-37,51H,7-11,15,20-35H2,1-6H3. The van der Waals surface area contributed by atoms with Gasteiger partial charge in [0.25, 0.3) is 11.8 Å². The van der Waals surface area contributed by atoms with E-state index in [2.05, 4.69) is 28.0 Å². The Hall–Kier alpha value is -4.42. The zero-order chi connectivity index (χ0) is 51.7. The Morgan fingerprint density at radius 1 is 0.761 bits per heavy atom. The van der Waals surface area contributed by atoms with E-state index in [0.29, 0.717) is 109 Å². The van der Waals surface area contributed by atoms with Crippen molar-refractivity contribution in [3.63, 3.8) is 0 Å². The lowest BCUT2D eigenvalue weighted by atomic mass is 9.76. The number of benzene rings is 2. The molecule has 5 rings (SSSR count). The van der Waals surface area contributed by atoms with Crippen LogP contribution in [0.3, 0.4) is 0 Å². The molecule has 1 N–H and O–H groups in total. The first-order chi connectivity index (χ1) is 34.0. The van der Waals surface area contributed by atoms with Crippen LogP contribution in [0.4, 0.5) is 11.4 Å². The van der Waals surface area contributed by atoms with Gasteiger partial charge in [-0.3, -0.25) is 9.59 Å². The van der Waals surface area contributed by atoms with E-state index in [1.165, 1.54) is 12.1 Å². The maximum atomic E-state index is 13.8. The molecular formula is C50H72N4O15S2. The fraction of sp³-hybridized carbons (Fsp3) is 0.600. The van der Waals surface area contributed by atoms with E-state index in [4.69, 9.17) is 33.3 Å². The normalized spacial score (nSPS) is 19.8. The summed E-state index contributed by atoms with van der Waals surface area (Å²) in [5, 5.41) is 0.540. The summed E-state index contributed by atoms with van der Waals surface area (Å²) in [5.74, 6) is -1.78. The van der Waals surface area contributed by atoms with E-state index in [9.17, 15) is 35.8 Å². The summed E-state index contributed by atoms with van der Waals surface area (Å²) in [4.78, 5) is 43.6. The number of anilines is 1. The molecule has 71 heavy (non-hydrogen) atoms. The molecule has 2 aromatic rings. The van der Waals surface area contributed by atoms with Gasteiger partial charge in [0.2, 0.25) is 15.7 Å². The highest BCUT2D eigenvalue weighted by Crippen LogP contribution is 2.52. The Morgan fingerprint density at radius 2 is 1.39 bits per heavy atom. The lowest BCUT2D eigenvalue weighted by Gasteiger charge is -2.30. The number of allylic oxidation sites excluding steroid dienone is 4. The molecular weight excluding hydrogens is 961 g/mol. The molecule has 0 spiro atoms. The molecule has 19 nitrogen and oxygen atoms in total. The van der Waals surface area contributed by atoms with Crippen molar-refractivity contribution in [3.05, 3.63) is 71.5 Å². The Bertz CT molecular complexity index is 2460. The van der Waals surface area contributed by atoms with Crippen LogP contribution in [0.2, 0.25) is 0 Å². The number of carbonyl (C=O) groups is 3. The van der Waals surface area contributed by atoms with Gasteiger partial charge in [-0.1, -0.05) is 32.3 Å². The molecule has 1 saturated heterocycles. The smallest absolute Gasteiger partial charge is 0.333 e. The second kappa shape index (κ2) is 27.0. The zero-order valence-corrected chi connectivity index (χ0v) is 43.7. The minimum absolute atomic E-state index is 0.000255. The fourth-order valence-corrected chi connectivity index (χ4v) is 10.7. The third kappa shape index (κ3) is 14.9. The van der Waals surface area contributed by atoms with Gasteiger partial charge in [-0.25, -0.2) is 26.4 Å². The molecule has 2 aromatic carbocycles. The average molecular weight is 1030 g/mol. The number of ether oxygens (including phenoxy) is 6. The van der Waals surface area contributed by atoms with E-state index in [0.717, 1.165) is 41.2 Å². The predicted molar refractivity (Wildman–Crippen MR) is 263 cm³/mol. The molecule has 3 heterocycles. The van der Waals surface area contributed by atoms with Crippen molar-refractivity contribution in [2.75, 3.05) is 105 Å². The third-order valence-electron chi connectivity index (χ3n) is 13.1. The summed E-state index contributed by atoms with van der Waals surface area (Å²) >= 11 is 0. The molecule has 0 aliphatic carbocycles. The van der Waals surface area contributed by atoms with E-state index in [1.54, 1.807) is 39.5 Å². The number of sulfonamides is 1. The number of amides is 2. The second-order valence-electron chi connectivity index (χ2n) is 18.0. The highest BCUT2D eigenvalue weighted by atomic mass is 32.2. The molecule has 3 aliphatic rings. The van der Waals surface area contributed by atoms with Crippen LogP contribution >= 0.6 is 0 Å². The summed E-state index contributed by atoms with van der Waals surface area (Å²) < 4.78 is 103. The Morgan fingerprint density at radius 3 is 2.04 bits per heavy atom. The van der Waals surface area contributed by atoms with Crippen molar-refractivity contribution in [3.8, 4) is 0 Å². The number of rotatable bonds is 33. The van der Waals surface area contributed by atoms with E-state index in [-0.39, 0.29) is 42.2 Å². The number of hydrogen-bond donors (Lipinski definition) is 1. The van der Waals surface area contributed by atoms with E-state index >= 15 is 0 Å². The van der Waals surface area contributed by atoms with Crippen LogP contribution in [0, 0.1) is 0 Å². The molecule has 3 aliphatic heterocycles. The van der Waals surface area contributed by atoms with Gasteiger partial charge in [-0.2, -0.15) is 4.58 Å². The van der Waals surface area contributed by atoms with Crippen molar-refractivity contribution in [2.45, 2.75) is 106 Å². The molecule has 0 bridgehead atoms. The monoisotopic (exact) mass is 1030 g/mol. The fourth-order valence-electron chi connectivity index (χ4n) is 9.17. The van der Waals surface area contributed by atoms with Gasteiger partial charge < -0.3 is 42.7 Å². The Balaban J connectivity index is 1.54. The molecule has 0 saturated carbocycles. The summed E-state index contributed by atoms with van der Waals surface area (Å²) in [6, 6.07) is 9.66. The number of nitrogens with zero attached hydrogens (tertiary/aromatic N) is 3. The summed E-state index contributed by atoms with van der Waals surface area (Å²) in [7, 11) is -3.99. The first-order valence-corrected chi connectivity index (χ1v) is 27.2. The van der Waals surface area contributed by atoms with Gasteiger partial charge >= 0.3 is 5.97 Å². The molecule has 394 valence electrons. The van der Waals surface area contributed by atoms with Crippen LogP contribution in [-0.4, -0.2) is 155 Å². The molecule has 0 aromatic heterocycles. The van der Waals surface area contributed by atoms with Crippen molar-refractivity contribution < 1.29 is 73.6 Å². The third-order valence-corrected chi connectivity index (χ3v) is 15.3. The number of imide groups is 1. The summed E-state index contributed by atoms with van der Waals surface area (Å²) in [5.41, 5.74) is 3.23. The average Bonchev–Trinajstić information content (AvgIpc) is 3.87. The number of methoxy groups -OCH3 is 3. The molecule has 1 fully saturated rings. The molecule has 2 unspecified atom stereocenters. The van der Waals surface area contributed by atoms with Crippen LogP contribution < -0.4 is 9.62 Å². The highest BCUT2D eigenvalue weighted by Gasteiger charge is 2.48. The molecule has 21 heteroatoms. The Labute approximate surface area is 419 Å². The SMILES string of the molecule is CCCCN1C(=CC=CC2=[N+](CCOCCOC)c3ccc(S(=O)(=O)NCCOCCOC)cc3C2(C)CCOCCOC)C(C)(CCCCCC(=O)ON2C(=O)CCC2=O)c2cc(S(=O)(=O)[O-])ccc21. The molecule has 2 amide bonds. The number of unbranched alkanes of at least 4 members (excludes halogenated alkanes) is 3.